The minimum atomic E-state index is -0.512. The summed E-state index contributed by atoms with van der Waals surface area (Å²) in [6.07, 6.45) is 7.35. The highest BCUT2D eigenvalue weighted by Crippen LogP contribution is 2.21. The molecular formula is C12H16N4O. The molecule has 5 heteroatoms. The molecule has 0 saturated carbocycles. The smallest absolute Gasteiger partial charge is 0.269 e. The number of primary amides is 1. The summed E-state index contributed by atoms with van der Waals surface area (Å²) in [5.74, 6) is -0.512. The van der Waals surface area contributed by atoms with E-state index in [1.807, 2.05) is 23.8 Å². The van der Waals surface area contributed by atoms with E-state index in [-0.39, 0.29) is 0 Å². The Morgan fingerprint density at radius 1 is 1.59 bits per heavy atom. The van der Waals surface area contributed by atoms with E-state index in [1.54, 1.807) is 6.08 Å². The molecule has 1 aromatic rings. The second-order valence-electron chi connectivity index (χ2n) is 3.97. The average Bonchev–Trinajstić information content (AvgIpc) is 2.59. The number of aromatic nitrogens is 2. The van der Waals surface area contributed by atoms with E-state index >= 15 is 0 Å². The van der Waals surface area contributed by atoms with E-state index in [1.165, 1.54) is 0 Å². The molecule has 5 nitrogen and oxygen atoms in total. The van der Waals surface area contributed by atoms with E-state index in [4.69, 9.17) is 11.5 Å². The van der Waals surface area contributed by atoms with Gasteiger partial charge < -0.3 is 11.5 Å². The molecule has 0 aromatic carbocycles. The highest BCUT2D eigenvalue weighted by atomic mass is 16.1. The maximum atomic E-state index is 11.4. The first-order chi connectivity index (χ1) is 8.13. The van der Waals surface area contributed by atoms with Crippen molar-refractivity contribution in [1.29, 1.82) is 0 Å². The Kier molecular flexibility index (Phi) is 2.99. The maximum Gasteiger partial charge on any atom is 0.269 e. The van der Waals surface area contributed by atoms with Gasteiger partial charge in [-0.3, -0.25) is 9.48 Å². The van der Waals surface area contributed by atoms with E-state index in [0.29, 0.717) is 17.9 Å². The molecule has 0 atom stereocenters. The number of amides is 1. The molecule has 17 heavy (non-hydrogen) atoms. The number of hydrogen-bond acceptors (Lipinski definition) is 3. The molecule has 1 heterocycles. The molecule has 90 valence electrons. The highest BCUT2D eigenvalue weighted by Gasteiger charge is 2.19. The van der Waals surface area contributed by atoms with Crippen LogP contribution in [-0.4, -0.2) is 15.7 Å². The van der Waals surface area contributed by atoms with Crippen LogP contribution < -0.4 is 11.5 Å². The van der Waals surface area contributed by atoms with E-state index in [2.05, 4.69) is 5.10 Å². The van der Waals surface area contributed by atoms with Crippen LogP contribution in [-0.2, 0) is 13.0 Å². The zero-order valence-electron chi connectivity index (χ0n) is 9.81. The third kappa shape index (κ3) is 2.08. The molecular weight excluding hydrogens is 216 g/mol. The van der Waals surface area contributed by atoms with Gasteiger partial charge in [0.05, 0.1) is 0 Å². The van der Waals surface area contributed by atoms with Crippen molar-refractivity contribution in [3.63, 3.8) is 0 Å². The molecule has 1 amide bonds. The topological polar surface area (TPSA) is 86.9 Å². The number of rotatable bonds is 2. The van der Waals surface area contributed by atoms with E-state index in [0.717, 1.165) is 24.1 Å². The molecule has 0 bridgehead atoms. The largest absolute Gasteiger partial charge is 0.399 e. The monoisotopic (exact) mass is 232 g/mol. The standard InChI is InChI=1S/C12H16N4O/c1-2-16-10-6-4-3-5-8(13)7-9(10)11(15-16)12(14)17/h3,5,7H,2,4,6,13H2,1H3,(H2,14,17)/b5-3-,8-7+. The Balaban J connectivity index is 2.63. The number of aryl methyl sites for hydroxylation is 1. The fourth-order valence-corrected chi connectivity index (χ4v) is 2.02. The predicted molar refractivity (Wildman–Crippen MR) is 66.0 cm³/mol. The number of nitrogens with two attached hydrogens (primary N) is 2. The first kappa shape index (κ1) is 11.4. The highest BCUT2D eigenvalue weighted by molar-refractivity contribution is 5.95. The third-order valence-electron chi connectivity index (χ3n) is 2.80. The summed E-state index contributed by atoms with van der Waals surface area (Å²) in [7, 11) is 0. The van der Waals surface area contributed by atoms with Gasteiger partial charge in [0.25, 0.3) is 5.91 Å². The number of nitrogens with zero attached hydrogens (tertiary/aromatic N) is 2. The van der Waals surface area contributed by atoms with Gasteiger partial charge in [-0.15, -0.1) is 0 Å². The summed E-state index contributed by atoms with van der Waals surface area (Å²) in [5.41, 5.74) is 13.9. The van der Waals surface area contributed by atoms with Gasteiger partial charge in [0.1, 0.15) is 0 Å². The Hall–Kier alpha value is -2.04. The first-order valence-electron chi connectivity index (χ1n) is 5.66. The maximum absolute atomic E-state index is 11.4. The van der Waals surface area contributed by atoms with Crippen molar-refractivity contribution in [2.75, 3.05) is 0 Å². The predicted octanol–water partition coefficient (Wildman–Crippen LogP) is 0.804. The minimum Gasteiger partial charge on any atom is -0.399 e. The van der Waals surface area contributed by atoms with Crippen LogP contribution in [0.1, 0.15) is 35.1 Å². The van der Waals surface area contributed by atoms with Crippen molar-refractivity contribution < 1.29 is 4.79 Å². The summed E-state index contributed by atoms with van der Waals surface area (Å²) in [6.45, 7) is 2.70. The van der Waals surface area contributed by atoms with Crippen LogP contribution in [0.2, 0.25) is 0 Å². The molecule has 0 unspecified atom stereocenters. The molecule has 1 aliphatic carbocycles. The Labute approximate surface area is 99.8 Å². The van der Waals surface area contributed by atoms with Crippen LogP contribution in [0.25, 0.3) is 6.08 Å². The van der Waals surface area contributed by atoms with Crippen LogP contribution >= 0.6 is 0 Å². The first-order valence-corrected chi connectivity index (χ1v) is 5.66. The van der Waals surface area contributed by atoms with Gasteiger partial charge in [-0.2, -0.15) is 5.10 Å². The molecule has 0 radical (unpaired) electrons. The molecule has 0 fully saturated rings. The molecule has 0 spiro atoms. The van der Waals surface area contributed by atoms with Gasteiger partial charge in [0, 0.05) is 23.5 Å². The number of allylic oxidation sites excluding steroid dienone is 2. The number of hydrogen-bond donors (Lipinski definition) is 2. The van der Waals surface area contributed by atoms with Crippen LogP contribution in [0.3, 0.4) is 0 Å². The van der Waals surface area contributed by atoms with Gasteiger partial charge in [-0.05, 0) is 31.9 Å². The lowest BCUT2D eigenvalue weighted by atomic mass is 10.0. The van der Waals surface area contributed by atoms with E-state index in [9.17, 15) is 4.79 Å². The SMILES string of the molecule is CCn1nc(C(N)=O)c2c1CC/C=C\C(N)=C/2. The van der Waals surface area contributed by atoms with Crippen molar-refractivity contribution in [2.24, 2.45) is 11.5 Å². The van der Waals surface area contributed by atoms with Crippen molar-refractivity contribution >= 4 is 12.0 Å². The second-order valence-corrected chi connectivity index (χ2v) is 3.97. The second kappa shape index (κ2) is 4.45. The summed E-state index contributed by atoms with van der Waals surface area (Å²) in [6, 6.07) is 0. The Morgan fingerprint density at radius 2 is 2.35 bits per heavy atom. The minimum absolute atomic E-state index is 0.306. The van der Waals surface area contributed by atoms with Crippen LogP contribution in [0, 0.1) is 0 Å². The van der Waals surface area contributed by atoms with Gasteiger partial charge in [-0.25, -0.2) is 0 Å². The lowest BCUT2D eigenvalue weighted by molar-refractivity contribution is 0.0994. The molecule has 1 aromatic heterocycles. The van der Waals surface area contributed by atoms with E-state index < -0.39 is 5.91 Å². The molecule has 4 N–H and O–H groups in total. The number of carbonyl (C=O) groups excluding carboxylic acids is 1. The van der Waals surface area contributed by atoms with Crippen molar-refractivity contribution in [2.45, 2.75) is 26.3 Å². The zero-order chi connectivity index (χ0) is 12.4. The zero-order valence-corrected chi connectivity index (χ0v) is 9.81. The normalized spacial score (nSPS) is 19.7. The van der Waals surface area contributed by atoms with Crippen molar-refractivity contribution in [3.05, 3.63) is 34.8 Å². The third-order valence-corrected chi connectivity index (χ3v) is 2.80. The summed E-state index contributed by atoms with van der Waals surface area (Å²) < 4.78 is 1.82. The lowest BCUT2D eigenvalue weighted by Crippen LogP contribution is -2.13. The Bertz CT molecular complexity index is 511. The van der Waals surface area contributed by atoms with Crippen molar-refractivity contribution in [3.8, 4) is 0 Å². The number of fused-ring (bicyclic) bond motifs is 1. The summed E-state index contributed by atoms with van der Waals surface area (Å²) >= 11 is 0. The van der Waals surface area contributed by atoms with Gasteiger partial charge in [-0.1, -0.05) is 6.08 Å². The molecule has 0 aliphatic heterocycles. The summed E-state index contributed by atoms with van der Waals surface area (Å²) in [4.78, 5) is 11.4. The number of carbonyl (C=O) groups is 1. The molecule has 0 saturated heterocycles. The molecule has 2 rings (SSSR count). The average molecular weight is 232 g/mol. The fraction of sp³-hybridized carbons (Fsp3) is 0.333. The lowest BCUT2D eigenvalue weighted by Gasteiger charge is -2.07. The van der Waals surface area contributed by atoms with Crippen LogP contribution in [0.4, 0.5) is 0 Å². The van der Waals surface area contributed by atoms with Crippen molar-refractivity contribution in [1.82, 2.24) is 9.78 Å². The van der Waals surface area contributed by atoms with Crippen LogP contribution in [0.15, 0.2) is 17.8 Å². The van der Waals surface area contributed by atoms with Crippen LogP contribution in [0.5, 0.6) is 0 Å². The summed E-state index contributed by atoms with van der Waals surface area (Å²) in [5, 5.41) is 4.24. The Morgan fingerprint density at radius 3 is 3.00 bits per heavy atom. The van der Waals surface area contributed by atoms with Gasteiger partial charge in [0.2, 0.25) is 0 Å². The quantitative estimate of drug-likeness (QED) is 0.790. The molecule has 1 aliphatic rings. The van der Waals surface area contributed by atoms with Gasteiger partial charge in [0.15, 0.2) is 5.69 Å². The van der Waals surface area contributed by atoms with Gasteiger partial charge >= 0.3 is 0 Å². The fourth-order valence-electron chi connectivity index (χ4n) is 2.02.